The van der Waals surface area contributed by atoms with E-state index in [0.29, 0.717) is 24.9 Å². The highest BCUT2D eigenvalue weighted by atomic mass is 16.5. The summed E-state index contributed by atoms with van der Waals surface area (Å²) in [6.07, 6.45) is 6.71. The summed E-state index contributed by atoms with van der Waals surface area (Å²) in [7, 11) is 1.60. The van der Waals surface area contributed by atoms with Crippen LogP contribution in [0.4, 0.5) is 5.95 Å². The Morgan fingerprint density at radius 3 is 2.93 bits per heavy atom. The van der Waals surface area contributed by atoms with Crippen LogP contribution in [-0.2, 0) is 11.2 Å². The molecule has 0 radical (unpaired) electrons. The number of methoxy groups -OCH3 is 1. The van der Waals surface area contributed by atoms with E-state index in [2.05, 4.69) is 45.2 Å². The molecule has 0 N–H and O–H groups in total. The first-order valence-corrected chi connectivity index (χ1v) is 9.87. The van der Waals surface area contributed by atoms with Gasteiger partial charge in [0.1, 0.15) is 0 Å². The second kappa shape index (κ2) is 6.62. The third-order valence-electron chi connectivity index (χ3n) is 6.36. The standard InChI is InChI=1S/C22H24N4O2/c1-28-19-8-11-23-21(24-19)26-13-10-22(15-26)9-12-25(20(22)27)14-17-7-6-16-4-2-3-5-18(16)17/h2-5,7-8,11H,6,9-10,12-15H2,1H3/t22-/m0/s1. The van der Waals surface area contributed by atoms with Gasteiger partial charge in [0, 0.05) is 38.4 Å². The van der Waals surface area contributed by atoms with Crippen molar-refractivity contribution in [2.24, 2.45) is 5.41 Å². The molecule has 2 fully saturated rings. The fraction of sp³-hybridized carbons (Fsp3) is 0.409. The lowest BCUT2D eigenvalue weighted by Crippen LogP contribution is -2.37. The number of anilines is 1. The number of allylic oxidation sites excluding steroid dienone is 1. The van der Waals surface area contributed by atoms with E-state index in [4.69, 9.17) is 4.74 Å². The number of ether oxygens (including phenoxy) is 1. The maximum atomic E-state index is 13.3. The molecule has 1 atom stereocenters. The van der Waals surface area contributed by atoms with Gasteiger partial charge in [-0.05, 0) is 36.0 Å². The molecule has 3 aliphatic rings. The normalized spacial score (nSPS) is 23.5. The molecule has 1 aliphatic carbocycles. The van der Waals surface area contributed by atoms with E-state index in [1.807, 2.05) is 4.90 Å². The number of likely N-dealkylation sites (tertiary alicyclic amines) is 1. The van der Waals surface area contributed by atoms with Gasteiger partial charge in [0.2, 0.25) is 17.7 Å². The smallest absolute Gasteiger partial charge is 0.231 e. The van der Waals surface area contributed by atoms with Crippen LogP contribution < -0.4 is 9.64 Å². The average molecular weight is 376 g/mol. The topological polar surface area (TPSA) is 58.6 Å². The van der Waals surface area contributed by atoms with Crippen molar-refractivity contribution in [3.05, 3.63) is 53.7 Å². The van der Waals surface area contributed by atoms with Crippen molar-refractivity contribution in [2.45, 2.75) is 19.3 Å². The number of carbonyl (C=O) groups excluding carboxylic acids is 1. The zero-order valence-corrected chi connectivity index (χ0v) is 16.1. The Labute approximate surface area is 164 Å². The van der Waals surface area contributed by atoms with Gasteiger partial charge in [0.05, 0.1) is 12.5 Å². The largest absolute Gasteiger partial charge is 0.481 e. The Kier molecular flexibility index (Phi) is 4.07. The Balaban J connectivity index is 1.30. The first-order valence-electron chi connectivity index (χ1n) is 9.87. The van der Waals surface area contributed by atoms with Crippen LogP contribution in [0, 0.1) is 5.41 Å². The molecule has 6 nitrogen and oxygen atoms in total. The average Bonchev–Trinajstić information content (AvgIpc) is 3.43. The molecule has 1 aromatic carbocycles. The first-order chi connectivity index (χ1) is 13.7. The minimum atomic E-state index is -0.300. The van der Waals surface area contributed by atoms with Crippen molar-refractivity contribution >= 4 is 17.4 Å². The molecule has 2 saturated heterocycles. The molecule has 0 saturated carbocycles. The van der Waals surface area contributed by atoms with E-state index in [-0.39, 0.29) is 11.3 Å². The van der Waals surface area contributed by atoms with Gasteiger partial charge in [-0.3, -0.25) is 4.79 Å². The second-order valence-electron chi connectivity index (χ2n) is 7.92. The molecule has 2 aromatic rings. The zero-order valence-electron chi connectivity index (χ0n) is 16.1. The van der Waals surface area contributed by atoms with E-state index in [1.54, 1.807) is 19.4 Å². The van der Waals surface area contributed by atoms with E-state index in [1.165, 1.54) is 16.7 Å². The zero-order chi connectivity index (χ0) is 19.1. The van der Waals surface area contributed by atoms with Crippen molar-refractivity contribution in [1.29, 1.82) is 0 Å². The summed E-state index contributed by atoms with van der Waals surface area (Å²) in [5.74, 6) is 1.48. The number of nitrogens with zero attached hydrogens (tertiary/aromatic N) is 4. The van der Waals surface area contributed by atoms with Crippen LogP contribution in [0.5, 0.6) is 5.88 Å². The number of hydrogen-bond acceptors (Lipinski definition) is 5. The van der Waals surface area contributed by atoms with Crippen LogP contribution in [-0.4, -0.2) is 54.1 Å². The van der Waals surface area contributed by atoms with E-state index < -0.39 is 0 Å². The van der Waals surface area contributed by atoms with Crippen molar-refractivity contribution in [2.75, 3.05) is 38.2 Å². The van der Waals surface area contributed by atoms with Crippen molar-refractivity contribution < 1.29 is 9.53 Å². The molecule has 5 rings (SSSR count). The van der Waals surface area contributed by atoms with E-state index >= 15 is 0 Å². The lowest BCUT2D eigenvalue weighted by molar-refractivity contribution is -0.134. The highest BCUT2D eigenvalue weighted by Crippen LogP contribution is 2.42. The summed E-state index contributed by atoms with van der Waals surface area (Å²) in [6.45, 7) is 3.03. The SMILES string of the molecule is COc1ccnc(N2CC[C@@]3(CCN(CC4=CCc5ccccc54)C3=O)C2)n1. The minimum Gasteiger partial charge on any atom is -0.481 e. The number of fused-ring (bicyclic) bond motifs is 1. The third kappa shape index (κ3) is 2.75. The highest BCUT2D eigenvalue weighted by Gasteiger charge is 2.51. The molecular weight excluding hydrogens is 352 g/mol. The van der Waals surface area contributed by atoms with Crippen LogP contribution in [0.25, 0.3) is 5.57 Å². The Morgan fingerprint density at radius 1 is 1.18 bits per heavy atom. The fourth-order valence-corrected chi connectivity index (χ4v) is 4.77. The van der Waals surface area contributed by atoms with Gasteiger partial charge in [-0.1, -0.05) is 30.3 Å². The molecule has 6 heteroatoms. The summed E-state index contributed by atoms with van der Waals surface area (Å²) >= 11 is 0. The molecule has 0 unspecified atom stereocenters. The number of benzene rings is 1. The summed E-state index contributed by atoms with van der Waals surface area (Å²) in [4.78, 5) is 26.3. The molecule has 2 aliphatic heterocycles. The maximum Gasteiger partial charge on any atom is 0.231 e. The lowest BCUT2D eigenvalue weighted by Gasteiger charge is -2.24. The lowest BCUT2D eigenvalue weighted by atomic mass is 9.85. The van der Waals surface area contributed by atoms with E-state index in [9.17, 15) is 4.79 Å². The van der Waals surface area contributed by atoms with Gasteiger partial charge < -0.3 is 14.5 Å². The van der Waals surface area contributed by atoms with E-state index in [0.717, 1.165) is 32.4 Å². The van der Waals surface area contributed by atoms with Gasteiger partial charge in [0.15, 0.2) is 0 Å². The van der Waals surface area contributed by atoms with Gasteiger partial charge in [0.25, 0.3) is 0 Å². The first kappa shape index (κ1) is 17.2. The van der Waals surface area contributed by atoms with Gasteiger partial charge >= 0.3 is 0 Å². The predicted octanol–water partition coefficient (Wildman–Crippen LogP) is 2.55. The fourth-order valence-electron chi connectivity index (χ4n) is 4.77. The molecule has 0 bridgehead atoms. The maximum absolute atomic E-state index is 13.3. The summed E-state index contributed by atoms with van der Waals surface area (Å²) < 4.78 is 5.21. The van der Waals surface area contributed by atoms with Crippen LogP contribution >= 0.6 is 0 Å². The van der Waals surface area contributed by atoms with Crippen LogP contribution in [0.3, 0.4) is 0 Å². The third-order valence-corrected chi connectivity index (χ3v) is 6.36. The van der Waals surface area contributed by atoms with Crippen molar-refractivity contribution in [3.8, 4) is 5.88 Å². The number of aromatic nitrogens is 2. The summed E-state index contributed by atoms with van der Waals surface area (Å²) in [5, 5.41) is 0. The second-order valence-corrected chi connectivity index (χ2v) is 7.92. The minimum absolute atomic E-state index is 0.281. The van der Waals surface area contributed by atoms with Crippen molar-refractivity contribution in [3.63, 3.8) is 0 Å². The Bertz CT molecular complexity index is 957. The summed E-state index contributed by atoms with van der Waals surface area (Å²) in [6, 6.07) is 10.2. The quantitative estimate of drug-likeness (QED) is 0.821. The molecule has 3 heterocycles. The van der Waals surface area contributed by atoms with Crippen LogP contribution in [0.1, 0.15) is 24.0 Å². The van der Waals surface area contributed by atoms with Crippen LogP contribution in [0.2, 0.25) is 0 Å². The number of carbonyl (C=O) groups is 1. The van der Waals surface area contributed by atoms with Crippen molar-refractivity contribution in [1.82, 2.24) is 14.9 Å². The molecular formula is C22H24N4O2. The number of rotatable bonds is 4. The summed E-state index contributed by atoms with van der Waals surface area (Å²) in [5.41, 5.74) is 3.65. The monoisotopic (exact) mass is 376 g/mol. The molecule has 1 aromatic heterocycles. The molecule has 28 heavy (non-hydrogen) atoms. The van der Waals surface area contributed by atoms with Crippen LogP contribution in [0.15, 0.2) is 42.6 Å². The predicted molar refractivity (Wildman–Crippen MR) is 107 cm³/mol. The molecule has 1 amide bonds. The Morgan fingerprint density at radius 2 is 2.04 bits per heavy atom. The van der Waals surface area contributed by atoms with Gasteiger partial charge in [-0.25, -0.2) is 4.98 Å². The molecule has 144 valence electrons. The van der Waals surface area contributed by atoms with Gasteiger partial charge in [-0.2, -0.15) is 4.98 Å². The molecule has 1 spiro atoms. The van der Waals surface area contributed by atoms with Gasteiger partial charge in [-0.15, -0.1) is 0 Å². The number of amides is 1. The Hall–Kier alpha value is -2.89. The number of hydrogen-bond donors (Lipinski definition) is 0. The highest BCUT2D eigenvalue weighted by molar-refractivity contribution is 5.88.